The molecule has 0 saturated carbocycles. The minimum absolute atomic E-state index is 0.0410. The summed E-state index contributed by atoms with van der Waals surface area (Å²) in [6, 6.07) is 17.3. The molecule has 4 rings (SSSR count). The lowest BCUT2D eigenvalue weighted by molar-refractivity contribution is -0.168. The van der Waals surface area contributed by atoms with Crippen LogP contribution in [0.1, 0.15) is 67.9 Å². The van der Waals surface area contributed by atoms with Gasteiger partial charge in [-0.2, -0.15) is 5.26 Å². The number of hydrogen-bond donors (Lipinski definition) is 2. The Balaban J connectivity index is 1.69. The number of hydrogen-bond acceptors (Lipinski definition) is 7. The number of carbonyl (C=O) groups is 3. The maximum absolute atomic E-state index is 15.1. The second kappa shape index (κ2) is 14.1. The van der Waals surface area contributed by atoms with Gasteiger partial charge in [-0.25, -0.2) is 9.18 Å². The molecule has 2 amide bonds. The van der Waals surface area contributed by atoms with Gasteiger partial charge in [0.15, 0.2) is 12.1 Å². The molecule has 1 aliphatic heterocycles. The largest absolute Gasteiger partial charge is 0.444 e. The van der Waals surface area contributed by atoms with Crippen LogP contribution in [0.3, 0.4) is 0 Å². The van der Waals surface area contributed by atoms with Crippen LogP contribution >= 0.6 is 0 Å². The molecular formula is C33H34FN3O6. The van der Waals surface area contributed by atoms with Gasteiger partial charge in [0.05, 0.1) is 36.0 Å². The van der Waals surface area contributed by atoms with Gasteiger partial charge in [-0.15, -0.1) is 0 Å². The fourth-order valence-electron chi connectivity index (χ4n) is 4.54. The topological polar surface area (TPSA) is 127 Å². The van der Waals surface area contributed by atoms with E-state index in [1.807, 2.05) is 6.07 Å². The summed E-state index contributed by atoms with van der Waals surface area (Å²) in [7, 11) is 0. The van der Waals surface area contributed by atoms with Crippen LogP contribution in [-0.2, 0) is 25.6 Å². The summed E-state index contributed by atoms with van der Waals surface area (Å²) in [5, 5.41) is 14.5. The molecule has 0 radical (unpaired) electrons. The van der Waals surface area contributed by atoms with E-state index >= 15 is 4.39 Å². The average Bonchev–Trinajstić information content (AvgIpc) is 2.97. The van der Waals surface area contributed by atoms with Gasteiger partial charge in [-0.1, -0.05) is 30.3 Å². The number of ether oxygens (including phenoxy) is 3. The minimum Gasteiger partial charge on any atom is -0.444 e. The summed E-state index contributed by atoms with van der Waals surface area (Å²) in [6.45, 7) is 5.77. The van der Waals surface area contributed by atoms with Gasteiger partial charge in [0.25, 0.3) is 0 Å². The Labute approximate surface area is 249 Å². The zero-order valence-corrected chi connectivity index (χ0v) is 24.4. The van der Waals surface area contributed by atoms with Crippen LogP contribution in [0.25, 0.3) is 11.1 Å². The number of Topliss-reactive ketones (excluding diaryl/α,β-unsaturated/α-hetero) is 1. The van der Waals surface area contributed by atoms with Crippen molar-refractivity contribution in [2.45, 2.75) is 65.0 Å². The zero-order valence-electron chi connectivity index (χ0n) is 24.4. The van der Waals surface area contributed by atoms with E-state index in [-0.39, 0.29) is 29.1 Å². The van der Waals surface area contributed by atoms with E-state index in [1.165, 1.54) is 24.3 Å². The highest BCUT2D eigenvalue weighted by Crippen LogP contribution is 2.36. The molecule has 10 heteroatoms. The van der Waals surface area contributed by atoms with E-state index in [1.54, 1.807) is 57.2 Å². The van der Waals surface area contributed by atoms with E-state index in [0.29, 0.717) is 23.3 Å². The smallest absolute Gasteiger partial charge is 0.412 e. The Morgan fingerprint density at radius 2 is 1.77 bits per heavy atom. The number of anilines is 2. The van der Waals surface area contributed by atoms with Crippen LogP contribution in [0.4, 0.5) is 20.6 Å². The van der Waals surface area contributed by atoms with Crippen LogP contribution in [0, 0.1) is 17.1 Å². The summed E-state index contributed by atoms with van der Waals surface area (Å²) in [4.78, 5) is 38.7. The third kappa shape index (κ3) is 8.95. The lowest BCUT2D eigenvalue weighted by atomic mass is 9.97. The second-order valence-electron chi connectivity index (χ2n) is 11.1. The van der Waals surface area contributed by atoms with E-state index in [2.05, 4.69) is 10.6 Å². The predicted octanol–water partition coefficient (Wildman–Crippen LogP) is 6.97. The Bertz CT molecular complexity index is 1540. The van der Waals surface area contributed by atoms with Crippen LogP contribution in [-0.4, -0.2) is 36.3 Å². The van der Waals surface area contributed by atoms with Gasteiger partial charge in [-0.3, -0.25) is 14.9 Å². The molecule has 0 aromatic heterocycles. The first-order valence-electron chi connectivity index (χ1n) is 14.0. The molecule has 3 aromatic rings. The van der Waals surface area contributed by atoms with Crippen molar-refractivity contribution in [1.82, 2.24) is 0 Å². The Morgan fingerprint density at radius 3 is 2.47 bits per heavy atom. The van der Waals surface area contributed by atoms with Crippen molar-refractivity contribution in [1.29, 1.82) is 5.26 Å². The van der Waals surface area contributed by atoms with Crippen molar-refractivity contribution in [3.63, 3.8) is 0 Å². The van der Waals surface area contributed by atoms with E-state index in [4.69, 9.17) is 19.5 Å². The molecule has 1 unspecified atom stereocenters. The van der Waals surface area contributed by atoms with Crippen LogP contribution in [0.5, 0.6) is 0 Å². The summed E-state index contributed by atoms with van der Waals surface area (Å²) in [5.74, 6) is -1.66. The Kier molecular flexibility index (Phi) is 10.2. The molecule has 2 N–H and O–H groups in total. The van der Waals surface area contributed by atoms with Crippen molar-refractivity contribution in [2.75, 3.05) is 17.2 Å². The first kappa shape index (κ1) is 31.3. The number of rotatable bonds is 9. The van der Waals surface area contributed by atoms with Gasteiger partial charge in [-0.05, 0) is 81.5 Å². The molecule has 224 valence electrons. The Morgan fingerprint density at radius 1 is 1.00 bits per heavy atom. The third-order valence-electron chi connectivity index (χ3n) is 6.51. The SMILES string of the molecule is CC(C)(C)OC(=O)Nc1cc(COC2CCCCO2)c(-c2ccccc2F)cc1NC(=O)CC(=O)c1cccc(C#N)c1. The number of ketones is 1. The molecule has 1 saturated heterocycles. The van der Waals surface area contributed by atoms with Crippen molar-refractivity contribution >= 4 is 29.2 Å². The Hall–Kier alpha value is -4.59. The molecule has 3 aromatic carbocycles. The molecular weight excluding hydrogens is 553 g/mol. The molecule has 1 aliphatic rings. The molecule has 1 heterocycles. The first-order chi connectivity index (χ1) is 20.5. The van der Waals surface area contributed by atoms with Crippen molar-refractivity contribution in [3.05, 3.63) is 83.2 Å². The molecule has 1 atom stereocenters. The quantitative estimate of drug-likeness (QED) is 0.205. The number of amides is 2. The van der Waals surface area contributed by atoms with Crippen LogP contribution in [0.2, 0.25) is 0 Å². The number of nitriles is 1. The average molecular weight is 588 g/mol. The van der Waals surface area contributed by atoms with E-state index in [0.717, 1.165) is 19.3 Å². The fraction of sp³-hybridized carbons (Fsp3) is 0.333. The van der Waals surface area contributed by atoms with Gasteiger partial charge in [0, 0.05) is 17.7 Å². The lowest BCUT2D eigenvalue weighted by Gasteiger charge is -2.24. The minimum atomic E-state index is -0.796. The number of nitrogens with zero attached hydrogens (tertiary/aromatic N) is 1. The highest BCUT2D eigenvalue weighted by molar-refractivity contribution is 6.12. The lowest BCUT2D eigenvalue weighted by Crippen LogP contribution is -2.28. The van der Waals surface area contributed by atoms with Crippen molar-refractivity contribution in [3.8, 4) is 17.2 Å². The molecule has 1 fully saturated rings. The third-order valence-corrected chi connectivity index (χ3v) is 6.51. The number of halogens is 1. The monoisotopic (exact) mass is 587 g/mol. The molecule has 43 heavy (non-hydrogen) atoms. The molecule has 0 spiro atoms. The normalized spacial score (nSPS) is 14.8. The van der Waals surface area contributed by atoms with Crippen molar-refractivity contribution < 1.29 is 33.0 Å². The van der Waals surface area contributed by atoms with E-state index < -0.39 is 41.9 Å². The highest BCUT2D eigenvalue weighted by Gasteiger charge is 2.23. The first-order valence-corrected chi connectivity index (χ1v) is 14.0. The summed E-state index contributed by atoms with van der Waals surface area (Å²) in [5.41, 5.74) is 1.23. The molecule has 9 nitrogen and oxygen atoms in total. The maximum atomic E-state index is 15.1. The second-order valence-corrected chi connectivity index (χ2v) is 11.1. The van der Waals surface area contributed by atoms with Gasteiger partial charge in [0.2, 0.25) is 5.91 Å². The van der Waals surface area contributed by atoms with Crippen molar-refractivity contribution in [2.24, 2.45) is 0 Å². The predicted molar refractivity (Wildman–Crippen MR) is 159 cm³/mol. The van der Waals surface area contributed by atoms with Crippen LogP contribution in [0.15, 0.2) is 60.7 Å². The van der Waals surface area contributed by atoms with Gasteiger partial charge in [0.1, 0.15) is 11.4 Å². The molecule has 0 bridgehead atoms. The van der Waals surface area contributed by atoms with E-state index in [9.17, 15) is 14.4 Å². The summed E-state index contributed by atoms with van der Waals surface area (Å²) in [6.07, 6.45) is 0.908. The number of carbonyl (C=O) groups excluding carboxylic acids is 3. The maximum Gasteiger partial charge on any atom is 0.412 e. The number of nitrogens with one attached hydrogen (secondary N) is 2. The van der Waals surface area contributed by atoms with Gasteiger partial charge >= 0.3 is 6.09 Å². The summed E-state index contributed by atoms with van der Waals surface area (Å²) < 4.78 is 32.2. The zero-order chi connectivity index (χ0) is 31.0. The molecule has 0 aliphatic carbocycles. The highest BCUT2D eigenvalue weighted by atomic mass is 19.1. The van der Waals surface area contributed by atoms with Gasteiger partial charge < -0.3 is 19.5 Å². The summed E-state index contributed by atoms with van der Waals surface area (Å²) >= 11 is 0. The number of benzene rings is 3. The van der Waals surface area contributed by atoms with Crippen LogP contribution < -0.4 is 10.6 Å². The fourth-order valence-corrected chi connectivity index (χ4v) is 4.54. The standard InChI is InChI=1S/C33H34FN3O6/c1-33(2,3)43-32(40)37-27-16-23(20-42-31-13-6-7-14-41-31)25(24-11-4-5-12-26(24)34)17-28(27)36-30(39)18-29(38)22-10-8-9-21(15-22)19-35/h4-5,8-12,15-17,31H,6-7,13-14,18,20H2,1-3H3,(H,36,39)(H,37,40).